The number of rotatable bonds is 8. The van der Waals surface area contributed by atoms with Crippen molar-refractivity contribution in [2.45, 2.75) is 37.6 Å². The fourth-order valence-corrected chi connectivity index (χ4v) is 3.18. The lowest BCUT2D eigenvalue weighted by Crippen LogP contribution is -2.28. The predicted molar refractivity (Wildman–Crippen MR) is 78.5 cm³/mol. The van der Waals surface area contributed by atoms with Crippen molar-refractivity contribution in [2.24, 2.45) is 0 Å². The van der Waals surface area contributed by atoms with Crippen LogP contribution in [0.3, 0.4) is 0 Å². The minimum absolute atomic E-state index is 0.142. The summed E-state index contributed by atoms with van der Waals surface area (Å²) in [5, 5.41) is 2.83. The first-order valence-electron chi connectivity index (χ1n) is 6.82. The van der Waals surface area contributed by atoms with Gasteiger partial charge in [0.25, 0.3) is 0 Å². The van der Waals surface area contributed by atoms with Gasteiger partial charge in [-0.15, -0.1) is 0 Å². The number of unbranched alkanes of at least 4 members (excludes halogenated alkanes) is 2. The molecule has 0 spiro atoms. The summed E-state index contributed by atoms with van der Waals surface area (Å²) in [5.74, 6) is -0.396. The quantitative estimate of drug-likeness (QED) is 0.750. The first-order valence-corrected chi connectivity index (χ1v) is 8.26. The molecule has 20 heavy (non-hydrogen) atoms. The topological polar surface area (TPSA) is 49.4 Å². The van der Waals surface area contributed by atoms with Crippen molar-refractivity contribution in [3.63, 3.8) is 0 Å². The molecule has 1 aromatic rings. The fraction of sp³-hybridized carbons (Fsp3) is 0.571. The zero-order valence-corrected chi connectivity index (χ0v) is 13.1. The summed E-state index contributed by atoms with van der Waals surface area (Å²) < 4.78 is 39.6. The van der Waals surface area contributed by atoms with Crippen molar-refractivity contribution in [1.29, 1.82) is 0 Å². The normalized spacial score (nSPS) is 12.1. The van der Waals surface area contributed by atoms with Gasteiger partial charge in [0.2, 0.25) is 10.0 Å². The molecule has 0 aromatic heterocycles. The van der Waals surface area contributed by atoms with Crippen molar-refractivity contribution < 1.29 is 12.8 Å². The lowest BCUT2D eigenvalue weighted by atomic mass is 10.2. The third-order valence-electron chi connectivity index (χ3n) is 3.17. The molecule has 0 bridgehead atoms. The Morgan fingerprint density at radius 3 is 2.60 bits per heavy atom. The summed E-state index contributed by atoms with van der Waals surface area (Å²) in [6, 6.07) is 3.93. The maximum absolute atomic E-state index is 13.5. The number of sulfonamides is 1. The molecule has 0 aliphatic carbocycles. The number of hydrogen-bond acceptors (Lipinski definition) is 3. The molecule has 4 nitrogen and oxygen atoms in total. The number of nitrogens with one attached hydrogen (secondary N) is 1. The highest BCUT2D eigenvalue weighted by atomic mass is 32.2. The van der Waals surface area contributed by atoms with Crippen molar-refractivity contribution in [1.82, 2.24) is 9.62 Å². The number of nitrogens with zero attached hydrogens (tertiary/aromatic N) is 1. The van der Waals surface area contributed by atoms with Gasteiger partial charge in [0.05, 0.1) is 4.90 Å². The largest absolute Gasteiger partial charge is 0.316 e. The molecule has 0 aliphatic rings. The highest BCUT2D eigenvalue weighted by molar-refractivity contribution is 7.89. The van der Waals surface area contributed by atoms with Crippen LogP contribution in [0, 0.1) is 5.82 Å². The summed E-state index contributed by atoms with van der Waals surface area (Å²) >= 11 is 0. The van der Waals surface area contributed by atoms with E-state index >= 15 is 0 Å². The third kappa shape index (κ3) is 4.26. The SMILES string of the molecule is CCCCCN(C)S(=O)(=O)c1ccc(F)c(CNC)c1. The van der Waals surface area contributed by atoms with E-state index in [9.17, 15) is 12.8 Å². The number of benzene rings is 1. The van der Waals surface area contributed by atoms with Crippen LogP contribution in [0.4, 0.5) is 4.39 Å². The molecule has 6 heteroatoms. The second-order valence-electron chi connectivity index (χ2n) is 4.82. The van der Waals surface area contributed by atoms with E-state index in [4.69, 9.17) is 0 Å². The molecule has 1 aromatic carbocycles. The van der Waals surface area contributed by atoms with E-state index in [1.807, 2.05) is 0 Å². The Bertz CT molecular complexity index is 532. The summed E-state index contributed by atoms with van der Waals surface area (Å²) in [7, 11) is -0.285. The standard InChI is InChI=1S/C14H23FN2O2S/c1-4-5-6-9-17(3)20(18,19)13-7-8-14(15)12(10-13)11-16-2/h7-8,10,16H,4-6,9,11H2,1-3H3. The van der Waals surface area contributed by atoms with E-state index in [0.29, 0.717) is 18.7 Å². The monoisotopic (exact) mass is 302 g/mol. The molecule has 0 radical (unpaired) electrons. The Kier molecular flexibility index (Phi) is 6.58. The van der Waals surface area contributed by atoms with E-state index < -0.39 is 15.8 Å². The molecule has 0 fully saturated rings. The second kappa shape index (κ2) is 7.71. The summed E-state index contributed by atoms with van der Waals surface area (Å²) in [5.41, 5.74) is 0.357. The van der Waals surface area contributed by atoms with Crippen LogP contribution < -0.4 is 5.32 Å². The molecular formula is C14H23FN2O2S. The van der Waals surface area contributed by atoms with Crippen LogP contribution in [0.5, 0.6) is 0 Å². The average molecular weight is 302 g/mol. The van der Waals surface area contributed by atoms with Crippen LogP contribution in [0.1, 0.15) is 31.7 Å². The molecular weight excluding hydrogens is 279 g/mol. The third-order valence-corrected chi connectivity index (χ3v) is 5.02. The summed E-state index contributed by atoms with van der Waals surface area (Å²) in [6.45, 7) is 2.85. The van der Waals surface area contributed by atoms with Gasteiger partial charge in [0.15, 0.2) is 0 Å². The minimum atomic E-state index is -3.54. The van der Waals surface area contributed by atoms with E-state index in [1.165, 1.54) is 22.5 Å². The highest BCUT2D eigenvalue weighted by Crippen LogP contribution is 2.19. The van der Waals surface area contributed by atoms with Gasteiger partial charge in [0, 0.05) is 25.7 Å². The number of halogens is 1. The molecule has 0 saturated carbocycles. The van der Waals surface area contributed by atoms with E-state index in [0.717, 1.165) is 19.3 Å². The van der Waals surface area contributed by atoms with Crippen LogP contribution in [0.15, 0.2) is 23.1 Å². The van der Waals surface area contributed by atoms with Gasteiger partial charge in [0.1, 0.15) is 5.82 Å². The lowest BCUT2D eigenvalue weighted by Gasteiger charge is -2.17. The zero-order valence-electron chi connectivity index (χ0n) is 12.3. The Morgan fingerprint density at radius 2 is 2.00 bits per heavy atom. The Hall–Kier alpha value is -0.980. The molecule has 0 unspecified atom stereocenters. The molecule has 0 amide bonds. The van der Waals surface area contributed by atoms with Crippen LogP contribution in [-0.2, 0) is 16.6 Å². The minimum Gasteiger partial charge on any atom is -0.316 e. The van der Waals surface area contributed by atoms with Gasteiger partial charge in [-0.3, -0.25) is 0 Å². The van der Waals surface area contributed by atoms with Gasteiger partial charge in [-0.1, -0.05) is 19.8 Å². The van der Waals surface area contributed by atoms with Crippen molar-refractivity contribution >= 4 is 10.0 Å². The average Bonchev–Trinajstić information content (AvgIpc) is 2.41. The molecule has 1 N–H and O–H groups in total. The smallest absolute Gasteiger partial charge is 0.242 e. The molecule has 0 atom stereocenters. The number of hydrogen-bond donors (Lipinski definition) is 1. The van der Waals surface area contributed by atoms with Crippen molar-refractivity contribution in [3.8, 4) is 0 Å². The van der Waals surface area contributed by atoms with E-state index in [2.05, 4.69) is 12.2 Å². The van der Waals surface area contributed by atoms with Crippen LogP contribution >= 0.6 is 0 Å². The van der Waals surface area contributed by atoms with Crippen LogP contribution in [0.25, 0.3) is 0 Å². The molecule has 0 aliphatic heterocycles. The van der Waals surface area contributed by atoms with Gasteiger partial charge < -0.3 is 5.32 Å². The predicted octanol–water partition coefficient (Wildman–Crippen LogP) is 2.36. The Balaban J connectivity index is 2.94. The summed E-state index contributed by atoms with van der Waals surface area (Å²) in [6.07, 6.45) is 2.86. The van der Waals surface area contributed by atoms with Crippen LogP contribution in [-0.4, -0.2) is 33.4 Å². The zero-order chi connectivity index (χ0) is 15.2. The molecule has 0 heterocycles. The van der Waals surface area contributed by atoms with Gasteiger partial charge in [-0.05, 0) is 31.7 Å². The maximum Gasteiger partial charge on any atom is 0.242 e. The first kappa shape index (κ1) is 17.1. The van der Waals surface area contributed by atoms with Crippen molar-refractivity contribution in [2.75, 3.05) is 20.6 Å². The van der Waals surface area contributed by atoms with Crippen molar-refractivity contribution in [3.05, 3.63) is 29.6 Å². The van der Waals surface area contributed by atoms with E-state index in [1.54, 1.807) is 14.1 Å². The fourth-order valence-electron chi connectivity index (χ4n) is 1.92. The highest BCUT2D eigenvalue weighted by Gasteiger charge is 2.21. The maximum atomic E-state index is 13.5. The lowest BCUT2D eigenvalue weighted by molar-refractivity contribution is 0.454. The van der Waals surface area contributed by atoms with Gasteiger partial charge in [-0.25, -0.2) is 17.1 Å². The van der Waals surface area contributed by atoms with Gasteiger partial charge >= 0.3 is 0 Å². The molecule has 1 rings (SSSR count). The Morgan fingerprint density at radius 1 is 1.30 bits per heavy atom. The van der Waals surface area contributed by atoms with Gasteiger partial charge in [-0.2, -0.15) is 0 Å². The molecule has 114 valence electrons. The summed E-state index contributed by atoms with van der Waals surface area (Å²) in [4.78, 5) is 0.142. The second-order valence-corrected chi connectivity index (χ2v) is 6.86. The van der Waals surface area contributed by atoms with E-state index in [-0.39, 0.29) is 4.90 Å². The molecule has 0 saturated heterocycles. The Labute approximate surface area is 121 Å². The first-order chi connectivity index (χ1) is 9.43. The van der Waals surface area contributed by atoms with Crippen LogP contribution in [0.2, 0.25) is 0 Å².